The molecule has 0 amide bonds. The first-order valence-electron chi connectivity index (χ1n) is 5.96. The second kappa shape index (κ2) is 6.64. The number of rotatable bonds is 4. The Morgan fingerprint density at radius 2 is 1.75 bits per heavy atom. The van der Waals surface area contributed by atoms with Gasteiger partial charge in [0, 0.05) is 16.6 Å². The number of carbonyl (C=O) groups excluding carboxylic acids is 1. The molecule has 0 spiro atoms. The van der Waals surface area contributed by atoms with Crippen molar-refractivity contribution in [2.24, 2.45) is 0 Å². The highest BCUT2D eigenvalue weighted by Crippen LogP contribution is 2.22. The van der Waals surface area contributed by atoms with E-state index in [9.17, 15) is 4.79 Å². The summed E-state index contributed by atoms with van der Waals surface area (Å²) in [6.45, 7) is 0.557. The molecule has 2 rings (SSSR count). The highest BCUT2D eigenvalue weighted by Gasteiger charge is 2.11. The van der Waals surface area contributed by atoms with Crippen molar-refractivity contribution in [3.63, 3.8) is 0 Å². The number of hydrogen-bond donors (Lipinski definition) is 1. The van der Waals surface area contributed by atoms with Gasteiger partial charge in [0.1, 0.15) is 0 Å². The van der Waals surface area contributed by atoms with Crippen LogP contribution in [0.1, 0.15) is 15.9 Å². The highest BCUT2D eigenvalue weighted by molar-refractivity contribution is 6.31. The van der Waals surface area contributed by atoms with Gasteiger partial charge in [-0.2, -0.15) is 0 Å². The van der Waals surface area contributed by atoms with Crippen molar-refractivity contribution in [3.05, 3.63) is 63.6 Å². The Hall–Kier alpha value is -1.71. The van der Waals surface area contributed by atoms with E-state index >= 15 is 0 Å². The summed E-state index contributed by atoms with van der Waals surface area (Å²) < 4.78 is 4.75. The quantitative estimate of drug-likeness (QED) is 0.851. The Kier molecular flexibility index (Phi) is 4.88. The molecule has 0 aliphatic heterocycles. The molecule has 0 unspecified atom stereocenters. The molecular weight excluding hydrogens is 297 g/mol. The predicted octanol–water partition coefficient (Wildman–Crippen LogP) is 4.39. The lowest BCUT2D eigenvalue weighted by molar-refractivity contribution is 0.0602. The van der Waals surface area contributed by atoms with Gasteiger partial charge in [-0.15, -0.1) is 0 Å². The zero-order valence-corrected chi connectivity index (χ0v) is 12.3. The summed E-state index contributed by atoms with van der Waals surface area (Å²) >= 11 is 11.8. The van der Waals surface area contributed by atoms with E-state index in [2.05, 4.69) is 5.32 Å². The average molecular weight is 310 g/mol. The molecule has 0 aliphatic carbocycles. The molecule has 104 valence electrons. The first kappa shape index (κ1) is 14.7. The molecule has 0 bridgehead atoms. The van der Waals surface area contributed by atoms with Gasteiger partial charge in [-0.1, -0.05) is 35.3 Å². The van der Waals surface area contributed by atoms with Crippen molar-refractivity contribution < 1.29 is 9.53 Å². The van der Waals surface area contributed by atoms with E-state index in [1.165, 1.54) is 7.11 Å². The van der Waals surface area contributed by atoms with E-state index in [1.807, 2.05) is 24.3 Å². The Labute approximate surface area is 127 Å². The maximum atomic E-state index is 11.7. The Balaban J connectivity index is 2.17. The normalized spacial score (nSPS) is 10.2. The zero-order chi connectivity index (χ0) is 14.5. The maximum Gasteiger partial charge on any atom is 0.339 e. The molecule has 0 saturated carbocycles. The summed E-state index contributed by atoms with van der Waals surface area (Å²) in [5, 5.41) is 4.42. The van der Waals surface area contributed by atoms with Crippen LogP contribution in [0.25, 0.3) is 0 Å². The lowest BCUT2D eigenvalue weighted by atomic mass is 10.1. The third-order valence-corrected chi connectivity index (χ3v) is 3.27. The van der Waals surface area contributed by atoms with E-state index in [1.54, 1.807) is 18.2 Å². The van der Waals surface area contributed by atoms with Gasteiger partial charge in [-0.3, -0.25) is 0 Å². The standard InChI is InChI=1S/C15H13Cl2NO2/c1-20-15(19)13-7-6-12(17)8-14(13)18-9-10-2-4-11(16)5-3-10/h2-8,18H,9H2,1H3. The van der Waals surface area contributed by atoms with Crippen molar-refractivity contribution in [3.8, 4) is 0 Å². The van der Waals surface area contributed by atoms with Crippen molar-refractivity contribution in [2.75, 3.05) is 12.4 Å². The minimum absolute atomic E-state index is 0.403. The summed E-state index contributed by atoms with van der Waals surface area (Å²) in [7, 11) is 1.35. The predicted molar refractivity (Wildman–Crippen MR) is 81.6 cm³/mol. The van der Waals surface area contributed by atoms with Gasteiger partial charge < -0.3 is 10.1 Å². The number of methoxy groups -OCH3 is 1. The molecular formula is C15H13Cl2NO2. The lowest BCUT2D eigenvalue weighted by Crippen LogP contribution is -2.08. The molecule has 0 atom stereocenters. The van der Waals surface area contributed by atoms with Gasteiger partial charge in [0.2, 0.25) is 0 Å². The Morgan fingerprint density at radius 3 is 2.40 bits per heavy atom. The average Bonchev–Trinajstić information content (AvgIpc) is 2.46. The number of hydrogen-bond acceptors (Lipinski definition) is 3. The van der Waals surface area contributed by atoms with Gasteiger partial charge in [-0.25, -0.2) is 4.79 Å². The monoisotopic (exact) mass is 309 g/mol. The van der Waals surface area contributed by atoms with E-state index in [-0.39, 0.29) is 0 Å². The fourth-order valence-corrected chi connectivity index (χ4v) is 2.05. The molecule has 2 aromatic carbocycles. The fourth-order valence-electron chi connectivity index (χ4n) is 1.75. The van der Waals surface area contributed by atoms with Crippen LogP contribution in [0.2, 0.25) is 10.0 Å². The van der Waals surface area contributed by atoms with Gasteiger partial charge in [-0.05, 0) is 35.9 Å². The summed E-state index contributed by atoms with van der Waals surface area (Å²) in [4.78, 5) is 11.7. The van der Waals surface area contributed by atoms with Gasteiger partial charge in [0.25, 0.3) is 0 Å². The van der Waals surface area contributed by atoms with Crippen LogP contribution >= 0.6 is 23.2 Å². The summed E-state index contributed by atoms with van der Waals surface area (Å²) in [6, 6.07) is 12.5. The molecule has 20 heavy (non-hydrogen) atoms. The van der Waals surface area contributed by atoms with E-state index in [0.717, 1.165) is 5.56 Å². The second-order valence-corrected chi connectivity index (χ2v) is 5.03. The summed E-state index contributed by atoms with van der Waals surface area (Å²) in [5.74, 6) is -0.403. The van der Waals surface area contributed by atoms with Crippen LogP contribution in [-0.4, -0.2) is 13.1 Å². The summed E-state index contributed by atoms with van der Waals surface area (Å²) in [6.07, 6.45) is 0. The number of halogens is 2. The van der Waals surface area contributed by atoms with Crippen LogP contribution in [0.15, 0.2) is 42.5 Å². The van der Waals surface area contributed by atoms with Crippen molar-refractivity contribution >= 4 is 34.9 Å². The minimum atomic E-state index is -0.403. The Bertz CT molecular complexity index is 612. The van der Waals surface area contributed by atoms with Crippen LogP contribution in [0.4, 0.5) is 5.69 Å². The van der Waals surface area contributed by atoms with Crippen molar-refractivity contribution in [1.82, 2.24) is 0 Å². The zero-order valence-electron chi connectivity index (χ0n) is 10.8. The molecule has 2 aromatic rings. The molecule has 0 aliphatic rings. The number of ether oxygens (including phenoxy) is 1. The topological polar surface area (TPSA) is 38.3 Å². The molecule has 3 nitrogen and oxygen atoms in total. The molecule has 0 heterocycles. The second-order valence-electron chi connectivity index (χ2n) is 4.16. The van der Waals surface area contributed by atoms with Crippen molar-refractivity contribution in [1.29, 1.82) is 0 Å². The van der Waals surface area contributed by atoms with Crippen LogP contribution in [0.3, 0.4) is 0 Å². The maximum absolute atomic E-state index is 11.7. The third-order valence-electron chi connectivity index (χ3n) is 2.78. The van der Waals surface area contributed by atoms with E-state index < -0.39 is 5.97 Å². The molecule has 1 N–H and O–H groups in total. The molecule has 0 saturated heterocycles. The first-order chi connectivity index (χ1) is 9.60. The van der Waals surface area contributed by atoms with Crippen molar-refractivity contribution in [2.45, 2.75) is 6.54 Å². The van der Waals surface area contributed by atoms with Crippen LogP contribution in [0.5, 0.6) is 0 Å². The smallest absolute Gasteiger partial charge is 0.339 e. The molecule has 0 fully saturated rings. The molecule has 0 aromatic heterocycles. The molecule has 5 heteroatoms. The number of esters is 1. The van der Waals surface area contributed by atoms with E-state index in [0.29, 0.717) is 27.8 Å². The third kappa shape index (κ3) is 3.65. The Morgan fingerprint density at radius 1 is 1.10 bits per heavy atom. The molecule has 0 radical (unpaired) electrons. The largest absolute Gasteiger partial charge is 0.465 e. The van der Waals surface area contributed by atoms with Crippen LogP contribution in [-0.2, 0) is 11.3 Å². The summed E-state index contributed by atoms with van der Waals surface area (Å²) in [5.41, 5.74) is 2.13. The van der Waals surface area contributed by atoms with Gasteiger partial charge in [0.15, 0.2) is 0 Å². The SMILES string of the molecule is COC(=O)c1ccc(Cl)cc1NCc1ccc(Cl)cc1. The minimum Gasteiger partial charge on any atom is -0.465 e. The van der Waals surface area contributed by atoms with Crippen LogP contribution in [0, 0.1) is 0 Å². The van der Waals surface area contributed by atoms with Gasteiger partial charge >= 0.3 is 5.97 Å². The fraction of sp³-hybridized carbons (Fsp3) is 0.133. The number of anilines is 1. The number of nitrogens with one attached hydrogen (secondary N) is 1. The number of carbonyl (C=O) groups is 1. The lowest BCUT2D eigenvalue weighted by Gasteiger charge is -2.11. The van der Waals surface area contributed by atoms with Crippen LogP contribution < -0.4 is 5.32 Å². The first-order valence-corrected chi connectivity index (χ1v) is 6.72. The van der Waals surface area contributed by atoms with E-state index in [4.69, 9.17) is 27.9 Å². The number of benzene rings is 2. The highest BCUT2D eigenvalue weighted by atomic mass is 35.5. The van der Waals surface area contributed by atoms with Gasteiger partial charge in [0.05, 0.1) is 18.4 Å².